The molecule has 0 saturated heterocycles. The summed E-state index contributed by atoms with van der Waals surface area (Å²) in [5, 5.41) is 0.646. The third kappa shape index (κ3) is 5.33. The SMILES string of the molecule is COC#C/C(=C\C=C/C(=O)OC)c1ccc(Cl)cc1. The van der Waals surface area contributed by atoms with Gasteiger partial charge in [0, 0.05) is 16.7 Å². The van der Waals surface area contributed by atoms with Crippen LogP contribution in [0, 0.1) is 12.0 Å². The van der Waals surface area contributed by atoms with E-state index in [1.54, 1.807) is 24.3 Å². The molecule has 0 N–H and O–H groups in total. The number of methoxy groups -OCH3 is 2. The van der Waals surface area contributed by atoms with Crippen LogP contribution >= 0.6 is 11.6 Å². The Hall–Kier alpha value is -2.18. The summed E-state index contributed by atoms with van der Waals surface area (Å²) in [6.07, 6.45) is 7.09. The quantitative estimate of drug-likeness (QED) is 0.368. The van der Waals surface area contributed by atoms with Crippen LogP contribution in [0.1, 0.15) is 5.56 Å². The molecule has 1 aromatic rings. The Balaban J connectivity index is 3.01. The molecule has 19 heavy (non-hydrogen) atoms. The summed E-state index contributed by atoms with van der Waals surface area (Å²) in [6, 6.07) is 7.21. The van der Waals surface area contributed by atoms with Crippen molar-refractivity contribution in [3.8, 4) is 12.0 Å². The Morgan fingerprint density at radius 3 is 2.53 bits per heavy atom. The summed E-state index contributed by atoms with van der Waals surface area (Å²) in [7, 11) is 2.80. The van der Waals surface area contributed by atoms with Crippen LogP contribution in [0.5, 0.6) is 0 Å². The van der Waals surface area contributed by atoms with E-state index in [1.807, 2.05) is 12.1 Å². The van der Waals surface area contributed by atoms with E-state index in [9.17, 15) is 4.79 Å². The van der Waals surface area contributed by atoms with Gasteiger partial charge >= 0.3 is 5.97 Å². The Bertz CT molecular complexity index is 545. The highest BCUT2D eigenvalue weighted by atomic mass is 35.5. The molecule has 0 radical (unpaired) electrons. The lowest BCUT2D eigenvalue weighted by Gasteiger charge is -1.99. The van der Waals surface area contributed by atoms with Crippen molar-refractivity contribution >= 4 is 23.1 Å². The van der Waals surface area contributed by atoms with Crippen LogP contribution in [0.25, 0.3) is 5.57 Å². The molecule has 0 amide bonds. The fourth-order valence-electron chi connectivity index (χ4n) is 1.24. The van der Waals surface area contributed by atoms with Crippen LogP contribution in [-0.4, -0.2) is 20.2 Å². The first-order chi connectivity index (χ1) is 9.17. The summed E-state index contributed by atoms with van der Waals surface area (Å²) in [5.41, 5.74) is 1.59. The van der Waals surface area contributed by atoms with E-state index >= 15 is 0 Å². The van der Waals surface area contributed by atoms with Gasteiger partial charge in [0.25, 0.3) is 0 Å². The first kappa shape index (κ1) is 14.9. The van der Waals surface area contributed by atoms with Gasteiger partial charge in [-0.3, -0.25) is 0 Å². The topological polar surface area (TPSA) is 35.5 Å². The standard InChI is InChI=1S/C15H13ClO3/c1-18-11-10-12(4-3-5-15(17)19-2)13-6-8-14(16)9-7-13/h3-9H,1-2H3/b5-3-,12-4+. The van der Waals surface area contributed by atoms with E-state index in [1.165, 1.54) is 20.3 Å². The highest BCUT2D eigenvalue weighted by Crippen LogP contribution is 2.17. The van der Waals surface area contributed by atoms with Crippen molar-refractivity contribution in [1.82, 2.24) is 0 Å². The van der Waals surface area contributed by atoms with Crippen molar-refractivity contribution in [3.05, 3.63) is 53.1 Å². The highest BCUT2D eigenvalue weighted by molar-refractivity contribution is 6.30. The Morgan fingerprint density at radius 1 is 1.26 bits per heavy atom. The van der Waals surface area contributed by atoms with Crippen molar-refractivity contribution in [2.24, 2.45) is 0 Å². The molecular formula is C15H13ClO3. The van der Waals surface area contributed by atoms with E-state index in [4.69, 9.17) is 16.3 Å². The lowest BCUT2D eigenvalue weighted by molar-refractivity contribution is -0.134. The number of allylic oxidation sites excluding steroid dienone is 3. The maximum atomic E-state index is 11.0. The molecule has 3 nitrogen and oxygen atoms in total. The van der Waals surface area contributed by atoms with Crippen molar-refractivity contribution in [2.45, 2.75) is 0 Å². The van der Waals surface area contributed by atoms with Gasteiger partial charge in [0.15, 0.2) is 0 Å². The number of hydrogen-bond acceptors (Lipinski definition) is 3. The number of halogens is 1. The van der Waals surface area contributed by atoms with Crippen LogP contribution < -0.4 is 0 Å². The maximum absolute atomic E-state index is 11.0. The maximum Gasteiger partial charge on any atom is 0.330 e. The van der Waals surface area contributed by atoms with Crippen LogP contribution in [-0.2, 0) is 14.3 Å². The smallest absolute Gasteiger partial charge is 0.330 e. The molecule has 0 atom stereocenters. The number of esters is 1. The van der Waals surface area contributed by atoms with Gasteiger partial charge in [-0.25, -0.2) is 4.79 Å². The van der Waals surface area contributed by atoms with Gasteiger partial charge in [0.2, 0.25) is 0 Å². The van der Waals surface area contributed by atoms with E-state index < -0.39 is 5.97 Å². The average Bonchev–Trinajstić information content (AvgIpc) is 2.43. The third-order valence-corrected chi connectivity index (χ3v) is 2.39. The number of ether oxygens (including phenoxy) is 2. The van der Waals surface area contributed by atoms with Gasteiger partial charge < -0.3 is 9.47 Å². The summed E-state index contributed by atoms with van der Waals surface area (Å²) in [5.74, 6) is 2.41. The van der Waals surface area contributed by atoms with Crippen molar-refractivity contribution < 1.29 is 14.3 Å². The van der Waals surface area contributed by atoms with Crippen LogP contribution in [0.4, 0.5) is 0 Å². The average molecular weight is 277 g/mol. The normalized spacial score (nSPS) is 10.8. The second kappa shape index (κ2) is 8.02. The Morgan fingerprint density at radius 2 is 1.95 bits per heavy atom. The van der Waals surface area contributed by atoms with E-state index in [2.05, 4.69) is 16.8 Å². The molecule has 0 aliphatic carbocycles. The largest absolute Gasteiger partial charge is 0.466 e. The summed E-state index contributed by atoms with van der Waals surface area (Å²) >= 11 is 5.83. The zero-order chi connectivity index (χ0) is 14.1. The molecule has 0 bridgehead atoms. The molecule has 1 rings (SSSR count). The highest BCUT2D eigenvalue weighted by Gasteiger charge is 1.98. The molecule has 0 spiro atoms. The number of carbonyl (C=O) groups is 1. The first-order valence-corrected chi connectivity index (χ1v) is 5.81. The zero-order valence-corrected chi connectivity index (χ0v) is 11.4. The minimum Gasteiger partial charge on any atom is -0.466 e. The zero-order valence-electron chi connectivity index (χ0n) is 10.6. The number of rotatable bonds is 3. The molecule has 0 unspecified atom stereocenters. The molecule has 0 fully saturated rings. The monoisotopic (exact) mass is 276 g/mol. The van der Waals surface area contributed by atoms with Gasteiger partial charge in [-0.05, 0) is 29.7 Å². The minimum absolute atomic E-state index is 0.425. The van der Waals surface area contributed by atoms with Crippen molar-refractivity contribution in [3.63, 3.8) is 0 Å². The molecule has 4 heteroatoms. The summed E-state index contributed by atoms with van der Waals surface area (Å²) < 4.78 is 9.22. The van der Waals surface area contributed by atoms with Crippen LogP contribution in [0.15, 0.2) is 42.5 Å². The van der Waals surface area contributed by atoms with Crippen LogP contribution in [0.2, 0.25) is 5.02 Å². The minimum atomic E-state index is -0.425. The van der Waals surface area contributed by atoms with Crippen molar-refractivity contribution in [2.75, 3.05) is 14.2 Å². The molecule has 0 aliphatic heterocycles. The Kier molecular flexibility index (Phi) is 6.28. The fraction of sp³-hybridized carbons (Fsp3) is 0.133. The summed E-state index contributed by atoms with van der Waals surface area (Å²) in [4.78, 5) is 11.0. The van der Waals surface area contributed by atoms with Crippen molar-refractivity contribution in [1.29, 1.82) is 0 Å². The molecular weight excluding hydrogens is 264 g/mol. The third-order valence-electron chi connectivity index (χ3n) is 2.14. The molecule has 0 heterocycles. The van der Waals surface area contributed by atoms with E-state index in [0.717, 1.165) is 5.56 Å². The lowest BCUT2D eigenvalue weighted by atomic mass is 10.1. The molecule has 0 saturated carbocycles. The molecule has 1 aromatic carbocycles. The van der Waals surface area contributed by atoms with Gasteiger partial charge in [0.1, 0.15) is 6.11 Å². The fourth-order valence-corrected chi connectivity index (χ4v) is 1.36. The number of benzene rings is 1. The van der Waals surface area contributed by atoms with Gasteiger partial charge in [-0.2, -0.15) is 0 Å². The Labute approximate surface area is 117 Å². The molecule has 0 aromatic heterocycles. The molecule has 0 aliphatic rings. The predicted octanol–water partition coefficient (Wildman–Crippen LogP) is 3.06. The van der Waals surface area contributed by atoms with E-state index in [-0.39, 0.29) is 0 Å². The molecule has 98 valence electrons. The number of hydrogen-bond donors (Lipinski definition) is 0. The number of carbonyl (C=O) groups excluding carboxylic acids is 1. The predicted molar refractivity (Wildman–Crippen MR) is 75.4 cm³/mol. The van der Waals surface area contributed by atoms with Gasteiger partial charge in [-0.1, -0.05) is 29.8 Å². The van der Waals surface area contributed by atoms with Crippen LogP contribution in [0.3, 0.4) is 0 Å². The first-order valence-electron chi connectivity index (χ1n) is 5.43. The summed E-state index contributed by atoms with van der Waals surface area (Å²) in [6.45, 7) is 0. The van der Waals surface area contributed by atoms with Gasteiger partial charge in [-0.15, -0.1) is 0 Å². The lowest BCUT2D eigenvalue weighted by Crippen LogP contribution is -1.92. The van der Waals surface area contributed by atoms with E-state index in [0.29, 0.717) is 10.6 Å². The second-order valence-electron chi connectivity index (χ2n) is 3.40. The second-order valence-corrected chi connectivity index (χ2v) is 3.84. The van der Waals surface area contributed by atoms with Gasteiger partial charge in [0.05, 0.1) is 14.2 Å².